The van der Waals surface area contributed by atoms with Crippen LogP contribution in [-0.4, -0.2) is 36.5 Å². The van der Waals surface area contributed by atoms with Gasteiger partial charge in [0.25, 0.3) is 15.6 Å². The molecule has 0 aliphatic carbocycles. The van der Waals surface area contributed by atoms with Gasteiger partial charge in [-0.15, -0.1) is 11.3 Å². The summed E-state index contributed by atoms with van der Waals surface area (Å²) in [7, 11) is -1.85. The topological polar surface area (TPSA) is 68.6 Å². The lowest BCUT2D eigenvalue weighted by molar-refractivity contribution is 0.214. The molecule has 130 valence electrons. The van der Waals surface area contributed by atoms with Crippen molar-refractivity contribution in [3.63, 3.8) is 0 Å². The van der Waals surface area contributed by atoms with E-state index in [-0.39, 0.29) is 22.4 Å². The van der Waals surface area contributed by atoms with E-state index in [9.17, 15) is 13.2 Å². The maximum absolute atomic E-state index is 12.6. The van der Waals surface area contributed by atoms with E-state index in [0.717, 1.165) is 17.0 Å². The van der Waals surface area contributed by atoms with Crippen LogP contribution in [0.4, 0.5) is 0 Å². The minimum atomic E-state index is -3.54. The molecule has 1 saturated heterocycles. The maximum Gasteiger partial charge on any atom is 0.254 e. The number of pyridine rings is 1. The molecule has 0 spiro atoms. The number of aromatic nitrogens is 1. The molecule has 0 bridgehead atoms. The number of sulfonamides is 1. The number of hydrogen-bond donors (Lipinski definition) is 0. The Morgan fingerprint density at radius 3 is 2.71 bits per heavy atom. The van der Waals surface area contributed by atoms with Crippen molar-refractivity contribution >= 4 is 33.0 Å². The van der Waals surface area contributed by atoms with E-state index in [1.165, 1.54) is 21.0 Å². The number of ether oxygens (including phenoxy) is 1. The zero-order chi connectivity index (χ0) is 17.5. The third-order valence-corrected chi connectivity index (χ3v) is 7.59. The molecule has 0 amide bonds. The average molecular weight is 389 g/mol. The van der Waals surface area contributed by atoms with Crippen LogP contribution < -0.4 is 10.3 Å². The van der Waals surface area contributed by atoms with E-state index in [1.54, 1.807) is 19.2 Å². The Bertz CT molecular complexity index is 920. The van der Waals surface area contributed by atoms with Crippen LogP contribution >= 0.6 is 22.9 Å². The van der Waals surface area contributed by atoms with Gasteiger partial charge in [-0.25, -0.2) is 8.42 Å². The van der Waals surface area contributed by atoms with Crippen molar-refractivity contribution < 1.29 is 13.2 Å². The first kappa shape index (κ1) is 17.5. The summed E-state index contributed by atoms with van der Waals surface area (Å²) in [6.45, 7) is 2.46. The van der Waals surface area contributed by atoms with Crippen LogP contribution in [-0.2, 0) is 17.1 Å². The quantitative estimate of drug-likeness (QED) is 0.805. The van der Waals surface area contributed by atoms with Crippen molar-refractivity contribution in [2.75, 3.05) is 13.1 Å². The Balaban J connectivity index is 1.73. The molecule has 24 heavy (non-hydrogen) atoms. The molecule has 1 fully saturated rings. The van der Waals surface area contributed by atoms with E-state index >= 15 is 0 Å². The first-order valence-corrected chi connectivity index (χ1v) is 10.0. The van der Waals surface area contributed by atoms with Gasteiger partial charge in [-0.2, -0.15) is 4.31 Å². The summed E-state index contributed by atoms with van der Waals surface area (Å²) in [4.78, 5) is 11.8. The predicted octanol–water partition coefficient (Wildman–Crippen LogP) is 2.25. The lowest BCUT2D eigenvalue weighted by atomic mass is 10.3. The summed E-state index contributed by atoms with van der Waals surface area (Å²) in [6, 6.07) is 6.28. The molecule has 2 aromatic rings. The molecular formula is C15H17ClN2O4S2. The highest BCUT2D eigenvalue weighted by Gasteiger charge is 2.34. The van der Waals surface area contributed by atoms with Crippen LogP contribution in [0.2, 0.25) is 4.34 Å². The number of rotatable bonds is 4. The Morgan fingerprint density at radius 2 is 2.08 bits per heavy atom. The Kier molecular flexibility index (Phi) is 4.74. The summed E-state index contributed by atoms with van der Waals surface area (Å²) in [5.74, 6) is 0.471. The monoisotopic (exact) mass is 388 g/mol. The highest BCUT2D eigenvalue weighted by molar-refractivity contribution is 7.91. The Labute approximate surface area is 149 Å². The normalized spacial score (nSPS) is 18.9. The van der Waals surface area contributed by atoms with Gasteiger partial charge in [0, 0.05) is 25.4 Å². The smallest absolute Gasteiger partial charge is 0.254 e. The van der Waals surface area contributed by atoms with Crippen LogP contribution in [0.15, 0.2) is 33.3 Å². The molecule has 0 N–H and O–H groups in total. The zero-order valence-electron chi connectivity index (χ0n) is 13.2. The third-order valence-electron chi connectivity index (χ3n) is 4.03. The van der Waals surface area contributed by atoms with E-state index in [1.807, 2.05) is 6.92 Å². The van der Waals surface area contributed by atoms with Crippen LogP contribution in [0.3, 0.4) is 0 Å². The maximum atomic E-state index is 12.6. The molecule has 3 heterocycles. The summed E-state index contributed by atoms with van der Waals surface area (Å²) < 4.78 is 34.5. The number of nitrogens with zero attached hydrogens (tertiary/aromatic N) is 2. The first-order chi connectivity index (χ1) is 11.3. The van der Waals surface area contributed by atoms with Gasteiger partial charge in [0.05, 0.1) is 10.9 Å². The van der Waals surface area contributed by atoms with E-state index in [2.05, 4.69) is 0 Å². The molecule has 1 aliphatic rings. The third kappa shape index (κ3) is 3.37. The molecule has 1 aliphatic heterocycles. The number of thiophene rings is 1. The molecule has 0 saturated carbocycles. The van der Waals surface area contributed by atoms with Crippen molar-refractivity contribution in [2.45, 2.75) is 23.7 Å². The number of halogens is 1. The second kappa shape index (κ2) is 6.51. The molecule has 3 rings (SSSR count). The Morgan fingerprint density at radius 1 is 1.33 bits per heavy atom. The van der Waals surface area contributed by atoms with Crippen molar-refractivity contribution in [3.05, 3.63) is 44.6 Å². The summed E-state index contributed by atoms with van der Waals surface area (Å²) in [5, 5.41) is 0. The van der Waals surface area contributed by atoms with Crippen molar-refractivity contribution in [1.29, 1.82) is 0 Å². The second-order valence-electron chi connectivity index (χ2n) is 5.68. The molecule has 6 nitrogen and oxygen atoms in total. The fraction of sp³-hybridized carbons (Fsp3) is 0.400. The average Bonchev–Trinajstić information content (AvgIpc) is 3.14. The number of aryl methyl sites for hydroxylation is 1. The van der Waals surface area contributed by atoms with Gasteiger partial charge in [0.15, 0.2) is 0 Å². The number of hydrogen-bond acceptors (Lipinski definition) is 5. The van der Waals surface area contributed by atoms with Gasteiger partial charge in [-0.1, -0.05) is 11.6 Å². The molecule has 1 atom stereocenters. The minimum absolute atomic E-state index is 0.152. The standard InChI is InChI=1S/C15H17ClN2O4S2/c1-10-7-12(8-14(19)17(10)2)22-11-5-6-18(9-11)24(20,21)15-4-3-13(16)23-15/h3-4,7-8,11H,5-6,9H2,1-2H3. The van der Waals surface area contributed by atoms with Crippen LogP contribution in [0.25, 0.3) is 0 Å². The van der Waals surface area contributed by atoms with Crippen molar-refractivity contribution in [3.8, 4) is 5.75 Å². The SMILES string of the molecule is Cc1cc(OC2CCN(S(=O)(=O)c3ccc(Cl)s3)C2)cc(=O)n1C. The zero-order valence-corrected chi connectivity index (χ0v) is 15.6. The molecule has 1 unspecified atom stereocenters. The lowest BCUT2D eigenvalue weighted by Gasteiger charge is -2.17. The fourth-order valence-corrected chi connectivity index (χ4v) is 5.70. The van der Waals surface area contributed by atoms with Gasteiger partial charge in [0.1, 0.15) is 16.1 Å². The van der Waals surface area contributed by atoms with Gasteiger partial charge in [-0.05, 0) is 31.5 Å². The first-order valence-electron chi connectivity index (χ1n) is 7.37. The fourth-order valence-electron chi connectivity index (χ4n) is 2.57. The van der Waals surface area contributed by atoms with Gasteiger partial charge in [0.2, 0.25) is 0 Å². The van der Waals surface area contributed by atoms with Gasteiger partial charge >= 0.3 is 0 Å². The molecule has 0 aromatic carbocycles. The molecule has 0 radical (unpaired) electrons. The van der Waals surface area contributed by atoms with E-state index < -0.39 is 10.0 Å². The highest BCUT2D eigenvalue weighted by atomic mass is 35.5. The minimum Gasteiger partial charge on any atom is -0.489 e. The predicted molar refractivity (Wildman–Crippen MR) is 93.5 cm³/mol. The van der Waals surface area contributed by atoms with Crippen molar-refractivity contribution in [2.24, 2.45) is 7.05 Å². The summed E-state index contributed by atoms with van der Waals surface area (Å²) in [5.41, 5.74) is 0.633. The van der Waals surface area contributed by atoms with Crippen LogP contribution in [0.1, 0.15) is 12.1 Å². The van der Waals surface area contributed by atoms with Crippen LogP contribution in [0.5, 0.6) is 5.75 Å². The molecule has 2 aromatic heterocycles. The van der Waals surface area contributed by atoms with Crippen molar-refractivity contribution in [1.82, 2.24) is 8.87 Å². The largest absolute Gasteiger partial charge is 0.489 e. The molecular weight excluding hydrogens is 372 g/mol. The molecule has 9 heteroatoms. The summed E-state index contributed by atoms with van der Waals surface area (Å²) >= 11 is 6.87. The van der Waals surface area contributed by atoms with Gasteiger partial charge < -0.3 is 9.30 Å². The summed E-state index contributed by atoms with van der Waals surface area (Å²) in [6.07, 6.45) is 0.300. The van der Waals surface area contributed by atoms with Crippen LogP contribution in [0, 0.1) is 6.92 Å². The second-order valence-corrected chi connectivity index (χ2v) is 9.56. The van der Waals surface area contributed by atoms with E-state index in [0.29, 0.717) is 23.1 Å². The lowest BCUT2D eigenvalue weighted by Crippen LogP contribution is -2.30. The highest BCUT2D eigenvalue weighted by Crippen LogP contribution is 2.30. The van der Waals surface area contributed by atoms with E-state index in [4.69, 9.17) is 16.3 Å². The Hall–Kier alpha value is -1.35. The van der Waals surface area contributed by atoms with Gasteiger partial charge in [-0.3, -0.25) is 4.79 Å².